The Hall–Kier alpha value is -2.61. The molecule has 170 valence electrons. The normalized spacial score (nSPS) is 11.7. The Balaban J connectivity index is 1.63. The third kappa shape index (κ3) is 9.83. The van der Waals surface area contributed by atoms with E-state index in [1.807, 2.05) is 55.5 Å². The van der Waals surface area contributed by atoms with Gasteiger partial charge < -0.3 is 20.5 Å². The van der Waals surface area contributed by atoms with E-state index in [-0.39, 0.29) is 5.91 Å². The number of carbonyl (C=O) groups excluding carboxylic acids is 1. The molecule has 3 N–H and O–H groups in total. The molecule has 2 aromatic rings. The van der Waals surface area contributed by atoms with Gasteiger partial charge in [-0.05, 0) is 68.0 Å². The number of hydrogen-bond donors (Lipinski definition) is 2. The SMILES string of the molecule is CCOOCCCCOc1ccc(C[C@H](N)C(=O)NCCc2ccc(OC)cc2)cc1. The summed E-state index contributed by atoms with van der Waals surface area (Å²) in [5.41, 5.74) is 8.20. The van der Waals surface area contributed by atoms with Gasteiger partial charge in [0.1, 0.15) is 11.5 Å². The minimum Gasteiger partial charge on any atom is -0.497 e. The summed E-state index contributed by atoms with van der Waals surface area (Å²) in [5, 5.41) is 2.90. The standard InChI is InChI=1S/C24H34N2O5/c1-3-30-31-17-5-4-16-29-22-12-8-20(9-13-22)18-23(25)24(27)26-15-14-19-6-10-21(28-2)11-7-19/h6-13,23H,3-5,14-18,25H2,1-2H3,(H,26,27)/t23-/m0/s1. The molecule has 0 bridgehead atoms. The molecule has 0 fully saturated rings. The Labute approximate surface area is 184 Å². The molecule has 0 aliphatic rings. The van der Waals surface area contributed by atoms with Crippen LogP contribution in [-0.4, -0.2) is 45.4 Å². The number of hydrogen-bond acceptors (Lipinski definition) is 6. The molecule has 0 saturated heterocycles. The van der Waals surface area contributed by atoms with E-state index < -0.39 is 6.04 Å². The number of carbonyl (C=O) groups is 1. The maximum atomic E-state index is 12.3. The van der Waals surface area contributed by atoms with Crippen molar-refractivity contribution in [2.45, 2.75) is 38.6 Å². The van der Waals surface area contributed by atoms with E-state index in [0.29, 0.717) is 32.8 Å². The average Bonchev–Trinajstić information content (AvgIpc) is 2.80. The Morgan fingerprint density at radius 2 is 1.58 bits per heavy atom. The molecule has 0 spiro atoms. The van der Waals surface area contributed by atoms with Crippen molar-refractivity contribution < 1.29 is 24.0 Å². The molecule has 1 atom stereocenters. The van der Waals surface area contributed by atoms with Crippen LogP contribution in [0.4, 0.5) is 0 Å². The molecule has 7 nitrogen and oxygen atoms in total. The van der Waals surface area contributed by atoms with E-state index in [1.165, 1.54) is 0 Å². The largest absolute Gasteiger partial charge is 0.497 e. The quantitative estimate of drug-likeness (QED) is 0.256. The third-order valence-electron chi connectivity index (χ3n) is 4.68. The summed E-state index contributed by atoms with van der Waals surface area (Å²) >= 11 is 0. The molecule has 2 aromatic carbocycles. The number of nitrogens with one attached hydrogen (secondary N) is 1. The van der Waals surface area contributed by atoms with Crippen molar-refractivity contribution in [1.29, 1.82) is 0 Å². The predicted molar refractivity (Wildman–Crippen MR) is 120 cm³/mol. The zero-order chi connectivity index (χ0) is 22.3. The van der Waals surface area contributed by atoms with Crippen molar-refractivity contribution in [3.63, 3.8) is 0 Å². The van der Waals surface area contributed by atoms with Crippen LogP contribution >= 0.6 is 0 Å². The number of benzene rings is 2. The fourth-order valence-corrected chi connectivity index (χ4v) is 2.92. The van der Waals surface area contributed by atoms with Gasteiger partial charge in [0, 0.05) is 6.54 Å². The van der Waals surface area contributed by atoms with Crippen LogP contribution < -0.4 is 20.5 Å². The fourth-order valence-electron chi connectivity index (χ4n) is 2.92. The topological polar surface area (TPSA) is 92.0 Å². The van der Waals surface area contributed by atoms with E-state index in [9.17, 15) is 4.79 Å². The molecular formula is C24H34N2O5. The van der Waals surface area contributed by atoms with Crippen LogP contribution in [0, 0.1) is 0 Å². The first-order chi connectivity index (χ1) is 15.1. The van der Waals surface area contributed by atoms with Crippen molar-refractivity contribution >= 4 is 5.91 Å². The molecule has 0 saturated carbocycles. The van der Waals surface area contributed by atoms with Gasteiger partial charge in [-0.3, -0.25) is 4.79 Å². The average molecular weight is 431 g/mol. The smallest absolute Gasteiger partial charge is 0.237 e. The number of methoxy groups -OCH3 is 1. The van der Waals surface area contributed by atoms with Crippen LogP contribution in [0.5, 0.6) is 11.5 Å². The van der Waals surface area contributed by atoms with Crippen LogP contribution in [-0.2, 0) is 27.4 Å². The highest BCUT2D eigenvalue weighted by Crippen LogP contribution is 2.14. The summed E-state index contributed by atoms with van der Waals surface area (Å²) in [4.78, 5) is 22.1. The van der Waals surface area contributed by atoms with Crippen molar-refractivity contribution in [3.05, 3.63) is 59.7 Å². The fraction of sp³-hybridized carbons (Fsp3) is 0.458. The Kier molecular flexibility index (Phi) is 11.5. The molecule has 0 radical (unpaired) electrons. The van der Waals surface area contributed by atoms with Gasteiger partial charge in [-0.2, -0.15) is 0 Å². The van der Waals surface area contributed by atoms with E-state index >= 15 is 0 Å². The summed E-state index contributed by atoms with van der Waals surface area (Å²) in [6, 6.07) is 14.9. The predicted octanol–water partition coefficient (Wildman–Crippen LogP) is 3.05. The van der Waals surface area contributed by atoms with Crippen LogP contribution in [0.1, 0.15) is 30.9 Å². The lowest BCUT2D eigenvalue weighted by Gasteiger charge is -2.13. The Morgan fingerprint density at radius 1 is 0.935 bits per heavy atom. The van der Waals surface area contributed by atoms with Crippen molar-refractivity contribution in [2.24, 2.45) is 5.73 Å². The van der Waals surface area contributed by atoms with E-state index in [2.05, 4.69) is 5.32 Å². The maximum Gasteiger partial charge on any atom is 0.237 e. The Morgan fingerprint density at radius 3 is 2.26 bits per heavy atom. The number of amides is 1. The van der Waals surface area contributed by atoms with Crippen molar-refractivity contribution in [2.75, 3.05) is 33.5 Å². The summed E-state index contributed by atoms with van der Waals surface area (Å²) < 4.78 is 10.9. The molecular weight excluding hydrogens is 396 g/mol. The highest BCUT2D eigenvalue weighted by atomic mass is 17.2. The summed E-state index contributed by atoms with van der Waals surface area (Å²) in [5.74, 6) is 1.47. The maximum absolute atomic E-state index is 12.3. The van der Waals surface area contributed by atoms with Crippen molar-refractivity contribution in [1.82, 2.24) is 5.32 Å². The van der Waals surface area contributed by atoms with Crippen LogP contribution in [0.2, 0.25) is 0 Å². The molecule has 7 heteroatoms. The molecule has 0 unspecified atom stereocenters. The van der Waals surface area contributed by atoms with Crippen LogP contribution in [0.25, 0.3) is 0 Å². The highest BCUT2D eigenvalue weighted by molar-refractivity contribution is 5.81. The van der Waals surface area contributed by atoms with Gasteiger partial charge in [0.2, 0.25) is 5.91 Å². The number of unbranched alkanes of at least 4 members (excludes halogenated alkanes) is 1. The first kappa shape index (κ1) is 24.7. The summed E-state index contributed by atoms with van der Waals surface area (Å²) in [6.07, 6.45) is 2.98. The van der Waals surface area contributed by atoms with Gasteiger partial charge in [0.05, 0.1) is 33.0 Å². The second-order valence-corrected chi connectivity index (χ2v) is 7.13. The third-order valence-corrected chi connectivity index (χ3v) is 4.68. The molecule has 0 heterocycles. The van der Waals surface area contributed by atoms with E-state index in [1.54, 1.807) is 7.11 Å². The number of rotatable bonds is 15. The van der Waals surface area contributed by atoms with Crippen LogP contribution in [0.3, 0.4) is 0 Å². The van der Waals surface area contributed by atoms with Crippen LogP contribution in [0.15, 0.2) is 48.5 Å². The zero-order valence-electron chi connectivity index (χ0n) is 18.5. The van der Waals surface area contributed by atoms with E-state index in [4.69, 9.17) is 25.0 Å². The molecule has 0 aliphatic heterocycles. The van der Waals surface area contributed by atoms with Gasteiger partial charge in [-0.1, -0.05) is 24.3 Å². The molecule has 1 amide bonds. The van der Waals surface area contributed by atoms with Crippen molar-refractivity contribution in [3.8, 4) is 11.5 Å². The first-order valence-corrected chi connectivity index (χ1v) is 10.7. The summed E-state index contributed by atoms with van der Waals surface area (Å²) in [7, 11) is 1.64. The zero-order valence-corrected chi connectivity index (χ0v) is 18.5. The van der Waals surface area contributed by atoms with Gasteiger partial charge in [0.15, 0.2) is 0 Å². The lowest BCUT2D eigenvalue weighted by atomic mass is 10.1. The minimum atomic E-state index is -0.590. The van der Waals surface area contributed by atoms with E-state index in [0.717, 1.165) is 41.9 Å². The highest BCUT2D eigenvalue weighted by Gasteiger charge is 2.13. The first-order valence-electron chi connectivity index (χ1n) is 10.7. The number of ether oxygens (including phenoxy) is 2. The van der Waals surface area contributed by atoms with Gasteiger partial charge >= 0.3 is 0 Å². The van der Waals surface area contributed by atoms with Gasteiger partial charge in [-0.15, -0.1) is 0 Å². The molecule has 2 rings (SSSR count). The van der Waals surface area contributed by atoms with Gasteiger partial charge in [-0.25, -0.2) is 9.78 Å². The second-order valence-electron chi connectivity index (χ2n) is 7.13. The van der Waals surface area contributed by atoms with Gasteiger partial charge in [0.25, 0.3) is 0 Å². The second kappa shape index (κ2) is 14.4. The lowest BCUT2D eigenvalue weighted by molar-refractivity contribution is -0.291. The minimum absolute atomic E-state index is 0.150. The lowest BCUT2D eigenvalue weighted by Crippen LogP contribution is -2.42. The molecule has 31 heavy (non-hydrogen) atoms. The monoisotopic (exact) mass is 430 g/mol. The molecule has 0 aliphatic carbocycles. The Bertz CT molecular complexity index is 750. The number of nitrogens with two attached hydrogens (primary N) is 1. The molecule has 0 aromatic heterocycles. The summed E-state index contributed by atoms with van der Waals surface area (Å²) in [6.45, 7) is 4.16.